The van der Waals surface area contributed by atoms with Crippen LogP contribution < -0.4 is 9.05 Å². The lowest BCUT2D eigenvalue weighted by Gasteiger charge is -2.16. The topological polar surface area (TPSA) is 198 Å². The lowest BCUT2D eigenvalue weighted by Crippen LogP contribution is -2.02. The Labute approximate surface area is 208 Å². The van der Waals surface area contributed by atoms with Gasteiger partial charge >= 0.3 is 15.6 Å². The first-order valence-electron chi connectivity index (χ1n) is 10.6. The standard InChI is InChI=1S/C10H14NO6P.C6H6NO6P.C4H10/c1-3-15-18(14,16-4-2)17-10-7-5-9(6-8-10)11(12)13;8-7(9)5-1-3-6(4-2-5)13-14(10,11)12;1-3-4-2/h5-8H,3-4H2,1-2H3;1-4H,(H2,10,11,12);3-4H2,1-2H3. The van der Waals surface area contributed by atoms with Gasteiger partial charge in [0.2, 0.25) is 0 Å². The van der Waals surface area contributed by atoms with Crippen molar-refractivity contribution in [2.24, 2.45) is 0 Å². The first kappa shape index (κ1) is 33.1. The number of hydrogen-bond donors (Lipinski definition) is 2. The van der Waals surface area contributed by atoms with Gasteiger partial charge in [-0.15, -0.1) is 0 Å². The SMILES string of the molecule is CCCC.CCOP(=O)(OCC)Oc1ccc([N+](=O)[O-])cc1.O=[N+]([O-])c1ccc(OP(=O)(O)O)cc1. The number of nitro benzene ring substituents is 2. The molecule has 0 bridgehead atoms. The monoisotopic (exact) mass is 552 g/mol. The fourth-order valence-electron chi connectivity index (χ4n) is 1.93. The molecular weight excluding hydrogens is 522 g/mol. The molecule has 0 amide bonds. The van der Waals surface area contributed by atoms with E-state index >= 15 is 0 Å². The number of benzene rings is 2. The van der Waals surface area contributed by atoms with Gasteiger partial charge in [0.1, 0.15) is 11.5 Å². The molecule has 0 fully saturated rings. The van der Waals surface area contributed by atoms with Crippen LogP contribution in [0, 0.1) is 20.2 Å². The van der Waals surface area contributed by atoms with Crippen molar-refractivity contribution >= 4 is 27.0 Å². The van der Waals surface area contributed by atoms with E-state index < -0.39 is 25.5 Å². The van der Waals surface area contributed by atoms with E-state index in [1.165, 1.54) is 37.1 Å². The van der Waals surface area contributed by atoms with E-state index in [2.05, 4.69) is 18.4 Å². The Kier molecular flexibility index (Phi) is 15.4. The van der Waals surface area contributed by atoms with Crippen molar-refractivity contribution < 1.29 is 46.9 Å². The molecule has 36 heavy (non-hydrogen) atoms. The third-order valence-electron chi connectivity index (χ3n) is 3.61. The molecule has 2 rings (SSSR count). The van der Waals surface area contributed by atoms with Gasteiger partial charge in [-0.3, -0.25) is 39.1 Å². The molecule has 202 valence electrons. The van der Waals surface area contributed by atoms with Crippen molar-refractivity contribution in [2.75, 3.05) is 13.2 Å². The minimum absolute atomic E-state index is 0.0787. The number of phosphoric acid groups is 2. The highest BCUT2D eigenvalue weighted by Crippen LogP contribution is 2.49. The van der Waals surface area contributed by atoms with Gasteiger partial charge in [-0.2, -0.15) is 0 Å². The highest BCUT2D eigenvalue weighted by molar-refractivity contribution is 7.49. The second kappa shape index (κ2) is 16.7. The number of nitrogens with zero attached hydrogens (tertiary/aromatic N) is 2. The second-order valence-electron chi connectivity index (χ2n) is 6.46. The Morgan fingerprint density at radius 3 is 1.28 bits per heavy atom. The first-order chi connectivity index (χ1) is 16.8. The number of rotatable bonds is 11. The molecule has 0 spiro atoms. The molecule has 0 aliphatic rings. The summed E-state index contributed by atoms with van der Waals surface area (Å²) in [6, 6.07) is 9.56. The number of unbranched alkanes of at least 4 members (excludes halogenated alkanes) is 1. The molecule has 14 nitrogen and oxygen atoms in total. The van der Waals surface area contributed by atoms with E-state index in [0.717, 1.165) is 24.3 Å². The van der Waals surface area contributed by atoms with Gasteiger partial charge < -0.3 is 9.05 Å². The summed E-state index contributed by atoms with van der Waals surface area (Å²) in [5, 5.41) is 20.7. The van der Waals surface area contributed by atoms with Crippen LogP contribution in [-0.2, 0) is 18.2 Å². The molecular formula is C20H30N2O12P2. The van der Waals surface area contributed by atoms with Crippen LogP contribution in [0.5, 0.6) is 11.5 Å². The molecule has 0 aliphatic heterocycles. The lowest BCUT2D eigenvalue weighted by atomic mass is 10.3. The van der Waals surface area contributed by atoms with Gasteiger partial charge in [0.15, 0.2) is 0 Å². The third-order valence-corrected chi connectivity index (χ3v) is 5.64. The molecule has 2 aromatic carbocycles. The Hall–Kier alpha value is -2.86. The maximum absolute atomic E-state index is 12.0. The molecule has 0 saturated heterocycles. The van der Waals surface area contributed by atoms with E-state index in [4.69, 9.17) is 23.4 Å². The molecule has 2 aromatic rings. The predicted molar refractivity (Wildman–Crippen MR) is 131 cm³/mol. The van der Waals surface area contributed by atoms with Gasteiger partial charge in [0, 0.05) is 24.3 Å². The molecule has 0 heterocycles. The first-order valence-corrected chi connectivity index (χ1v) is 13.6. The lowest BCUT2D eigenvalue weighted by molar-refractivity contribution is -0.385. The predicted octanol–water partition coefficient (Wildman–Crippen LogP) is 6.03. The molecule has 0 aliphatic carbocycles. The van der Waals surface area contributed by atoms with Crippen molar-refractivity contribution in [1.82, 2.24) is 0 Å². The van der Waals surface area contributed by atoms with Crippen LogP contribution >= 0.6 is 15.6 Å². The number of non-ortho nitro benzene ring substituents is 2. The summed E-state index contributed by atoms with van der Waals surface area (Å²) < 4.78 is 41.5. The van der Waals surface area contributed by atoms with Crippen molar-refractivity contribution in [3.8, 4) is 11.5 Å². The Morgan fingerprint density at radius 1 is 0.694 bits per heavy atom. The van der Waals surface area contributed by atoms with Crippen LogP contribution in [0.3, 0.4) is 0 Å². The van der Waals surface area contributed by atoms with Crippen LogP contribution in [0.1, 0.15) is 40.5 Å². The largest absolute Gasteiger partial charge is 0.530 e. The average Bonchev–Trinajstić information content (AvgIpc) is 2.79. The molecule has 2 N–H and O–H groups in total. The molecule has 0 unspecified atom stereocenters. The van der Waals surface area contributed by atoms with Crippen LogP contribution in [0.2, 0.25) is 0 Å². The van der Waals surface area contributed by atoms with Gasteiger partial charge in [-0.25, -0.2) is 9.13 Å². The van der Waals surface area contributed by atoms with E-state index in [9.17, 15) is 29.4 Å². The molecule has 0 aromatic heterocycles. The van der Waals surface area contributed by atoms with Crippen molar-refractivity contribution in [2.45, 2.75) is 40.5 Å². The van der Waals surface area contributed by atoms with Crippen LogP contribution in [0.4, 0.5) is 11.4 Å². The molecule has 0 saturated carbocycles. The van der Waals surface area contributed by atoms with Gasteiger partial charge in [-0.05, 0) is 38.1 Å². The number of hydrogen-bond acceptors (Lipinski definition) is 10. The van der Waals surface area contributed by atoms with E-state index in [1.54, 1.807) is 13.8 Å². The maximum Gasteiger partial charge on any atom is 0.530 e. The number of nitro groups is 2. The summed E-state index contributed by atoms with van der Waals surface area (Å²) in [7, 11) is -8.25. The van der Waals surface area contributed by atoms with Crippen molar-refractivity contribution in [1.29, 1.82) is 0 Å². The molecule has 0 radical (unpaired) electrons. The second-order valence-corrected chi connectivity index (χ2v) is 9.22. The number of phosphoric ester groups is 2. The fourth-order valence-corrected chi connectivity index (χ4v) is 3.52. The summed E-state index contributed by atoms with van der Waals surface area (Å²) in [5.74, 6) is 0.0646. The summed E-state index contributed by atoms with van der Waals surface area (Å²) in [6.07, 6.45) is 2.64. The van der Waals surface area contributed by atoms with Crippen LogP contribution in [-0.4, -0.2) is 32.8 Å². The Morgan fingerprint density at radius 2 is 1.03 bits per heavy atom. The van der Waals surface area contributed by atoms with Crippen LogP contribution in [0.15, 0.2) is 48.5 Å². The zero-order valence-corrected chi connectivity index (χ0v) is 22.0. The Balaban J connectivity index is 0.000000606. The summed E-state index contributed by atoms with van der Waals surface area (Å²) in [6.45, 7) is 8.02. The third kappa shape index (κ3) is 14.5. The minimum Gasteiger partial charge on any atom is -0.404 e. The zero-order chi connectivity index (χ0) is 27.8. The molecule has 16 heteroatoms. The van der Waals surface area contributed by atoms with Gasteiger partial charge in [0.25, 0.3) is 11.4 Å². The summed E-state index contributed by atoms with van der Waals surface area (Å²) in [4.78, 5) is 36.3. The van der Waals surface area contributed by atoms with E-state index in [1.807, 2.05) is 0 Å². The summed E-state index contributed by atoms with van der Waals surface area (Å²) in [5.41, 5.74) is -0.256. The van der Waals surface area contributed by atoms with E-state index in [0.29, 0.717) is 0 Å². The molecule has 0 atom stereocenters. The van der Waals surface area contributed by atoms with Gasteiger partial charge in [0.05, 0.1) is 23.1 Å². The van der Waals surface area contributed by atoms with Crippen molar-refractivity contribution in [3.05, 3.63) is 68.8 Å². The van der Waals surface area contributed by atoms with Crippen molar-refractivity contribution in [3.63, 3.8) is 0 Å². The van der Waals surface area contributed by atoms with E-state index in [-0.39, 0.29) is 36.1 Å². The fraction of sp³-hybridized carbons (Fsp3) is 0.400. The maximum atomic E-state index is 12.0. The quantitative estimate of drug-likeness (QED) is 0.187. The minimum atomic E-state index is -4.60. The Bertz CT molecular complexity index is 1010. The highest BCUT2D eigenvalue weighted by Gasteiger charge is 2.27. The average molecular weight is 552 g/mol. The normalized spacial score (nSPS) is 10.7. The van der Waals surface area contributed by atoms with Crippen LogP contribution in [0.25, 0.3) is 0 Å². The zero-order valence-electron chi connectivity index (χ0n) is 20.2. The smallest absolute Gasteiger partial charge is 0.404 e. The highest BCUT2D eigenvalue weighted by atomic mass is 31.2. The van der Waals surface area contributed by atoms with Gasteiger partial charge in [-0.1, -0.05) is 26.7 Å². The summed E-state index contributed by atoms with van der Waals surface area (Å²) >= 11 is 0.